The largest absolute Gasteiger partial charge is 0.451 e. The molecule has 1 aliphatic rings. The molecule has 2 aromatic carbocycles. The first-order chi connectivity index (χ1) is 11.6. The molecule has 0 spiro atoms. The highest BCUT2D eigenvalue weighted by Gasteiger charge is 2.35. The fourth-order valence-corrected chi connectivity index (χ4v) is 3.52. The molecule has 2 atom stereocenters. The molecule has 1 fully saturated rings. The Morgan fingerprint density at radius 2 is 1.88 bits per heavy atom. The molecule has 1 aromatic heterocycles. The molecule has 0 aliphatic carbocycles. The van der Waals surface area contributed by atoms with E-state index in [2.05, 4.69) is 12.1 Å². The Labute approximate surface area is 153 Å². The first kappa shape index (κ1) is 17.5. The number of nitrogens with two attached hydrogens (primary N) is 1. The molecular formula is C20H21ClN2O2. The van der Waals surface area contributed by atoms with Crippen LogP contribution in [0.15, 0.2) is 59.0 Å². The summed E-state index contributed by atoms with van der Waals surface area (Å²) in [5.74, 6) is 0.473. The summed E-state index contributed by atoms with van der Waals surface area (Å²) >= 11 is 0. The third-order valence-electron chi connectivity index (χ3n) is 4.83. The van der Waals surface area contributed by atoms with Gasteiger partial charge in [-0.2, -0.15) is 0 Å². The summed E-state index contributed by atoms with van der Waals surface area (Å²) in [5, 5.41) is 0.960. The van der Waals surface area contributed by atoms with E-state index >= 15 is 0 Å². The minimum absolute atomic E-state index is 0. The summed E-state index contributed by atoms with van der Waals surface area (Å²) in [7, 11) is 0. The molecule has 0 unspecified atom stereocenters. The van der Waals surface area contributed by atoms with Crippen molar-refractivity contribution < 1.29 is 9.21 Å². The second-order valence-electron chi connectivity index (χ2n) is 6.50. The van der Waals surface area contributed by atoms with Gasteiger partial charge in [0.15, 0.2) is 5.76 Å². The summed E-state index contributed by atoms with van der Waals surface area (Å²) < 4.78 is 5.82. The van der Waals surface area contributed by atoms with E-state index in [1.807, 2.05) is 49.4 Å². The lowest BCUT2D eigenvalue weighted by molar-refractivity contribution is 0.0760. The van der Waals surface area contributed by atoms with E-state index < -0.39 is 0 Å². The van der Waals surface area contributed by atoms with Crippen molar-refractivity contribution in [3.63, 3.8) is 0 Å². The summed E-state index contributed by atoms with van der Waals surface area (Å²) in [5.41, 5.74) is 9.29. The minimum Gasteiger partial charge on any atom is -0.451 e. The Kier molecular flexibility index (Phi) is 4.84. The number of likely N-dealkylation sites (tertiary alicyclic amines) is 1. The lowest BCUT2D eigenvalue weighted by Crippen LogP contribution is -2.32. The molecule has 5 heteroatoms. The van der Waals surface area contributed by atoms with Crippen molar-refractivity contribution in [3.05, 3.63) is 71.5 Å². The molecule has 2 N–H and O–H groups in total. The maximum absolute atomic E-state index is 12.8. The van der Waals surface area contributed by atoms with Crippen LogP contribution < -0.4 is 5.73 Å². The lowest BCUT2D eigenvalue weighted by atomic mass is 9.95. The van der Waals surface area contributed by atoms with Crippen LogP contribution in [0, 0.1) is 6.92 Å². The standard InChI is InChI=1S/C20H20N2O2.ClH/c1-13-6-5-9-15-10-18(24-19(13)15)20(23)22-11-16(17(21)12-22)14-7-3-2-4-8-14;/h2-10,16-17H,11-12,21H2,1H3;1H/t16-,17+;/m0./s1. The number of rotatable bonds is 2. The van der Waals surface area contributed by atoms with Crippen LogP contribution in [0.4, 0.5) is 0 Å². The fraction of sp³-hybridized carbons (Fsp3) is 0.250. The summed E-state index contributed by atoms with van der Waals surface area (Å²) in [6.45, 7) is 3.16. The minimum atomic E-state index is -0.0838. The molecule has 1 aliphatic heterocycles. The van der Waals surface area contributed by atoms with Crippen LogP contribution >= 0.6 is 12.4 Å². The molecule has 0 bridgehead atoms. The van der Waals surface area contributed by atoms with Crippen LogP contribution in [0.5, 0.6) is 0 Å². The van der Waals surface area contributed by atoms with E-state index in [0.29, 0.717) is 18.8 Å². The van der Waals surface area contributed by atoms with Crippen LogP contribution in [0.25, 0.3) is 11.0 Å². The van der Waals surface area contributed by atoms with Gasteiger partial charge >= 0.3 is 0 Å². The molecule has 2 heterocycles. The van der Waals surface area contributed by atoms with Crippen molar-refractivity contribution in [1.29, 1.82) is 0 Å². The Bertz CT molecular complexity index is 891. The maximum atomic E-state index is 12.8. The van der Waals surface area contributed by atoms with E-state index in [4.69, 9.17) is 10.2 Å². The maximum Gasteiger partial charge on any atom is 0.289 e. The summed E-state index contributed by atoms with van der Waals surface area (Å²) in [6.07, 6.45) is 0. The van der Waals surface area contributed by atoms with E-state index in [1.165, 1.54) is 5.56 Å². The monoisotopic (exact) mass is 356 g/mol. The Balaban J connectivity index is 0.00000182. The molecule has 130 valence electrons. The molecule has 1 saturated heterocycles. The van der Waals surface area contributed by atoms with Gasteiger partial charge in [0.2, 0.25) is 0 Å². The Hall–Kier alpha value is -2.30. The number of furan rings is 1. The van der Waals surface area contributed by atoms with Gasteiger partial charge in [0, 0.05) is 30.4 Å². The van der Waals surface area contributed by atoms with Gasteiger partial charge < -0.3 is 15.1 Å². The first-order valence-corrected chi connectivity index (χ1v) is 8.22. The van der Waals surface area contributed by atoms with E-state index in [9.17, 15) is 4.79 Å². The van der Waals surface area contributed by atoms with Crippen LogP contribution in [0.1, 0.15) is 27.6 Å². The fourth-order valence-electron chi connectivity index (χ4n) is 3.52. The highest BCUT2D eigenvalue weighted by molar-refractivity contribution is 5.96. The predicted molar refractivity (Wildman–Crippen MR) is 101 cm³/mol. The second-order valence-corrected chi connectivity index (χ2v) is 6.50. The highest BCUT2D eigenvalue weighted by Crippen LogP contribution is 2.29. The number of nitrogens with zero attached hydrogens (tertiary/aromatic N) is 1. The number of hydrogen-bond donors (Lipinski definition) is 1. The molecule has 0 radical (unpaired) electrons. The zero-order valence-electron chi connectivity index (χ0n) is 14.0. The van der Waals surface area contributed by atoms with Gasteiger partial charge in [-0.25, -0.2) is 0 Å². The number of carbonyl (C=O) groups excluding carboxylic acids is 1. The molecule has 0 saturated carbocycles. The van der Waals surface area contributed by atoms with Crippen LogP contribution in [0.3, 0.4) is 0 Å². The van der Waals surface area contributed by atoms with Gasteiger partial charge in [-0.3, -0.25) is 4.79 Å². The number of halogens is 1. The average Bonchev–Trinajstić information content (AvgIpc) is 3.20. The van der Waals surface area contributed by atoms with E-state index in [0.717, 1.165) is 16.5 Å². The molecule has 1 amide bonds. The number of carbonyl (C=O) groups is 1. The molecule has 4 nitrogen and oxygen atoms in total. The second kappa shape index (κ2) is 6.90. The first-order valence-electron chi connectivity index (χ1n) is 8.22. The molecule has 25 heavy (non-hydrogen) atoms. The number of fused-ring (bicyclic) bond motifs is 1. The molecular weight excluding hydrogens is 336 g/mol. The summed E-state index contributed by atoms with van der Waals surface area (Å²) in [4.78, 5) is 14.6. The van der Waals surface area contributed by atoms with E-state index in [-0.39, 0.29) is 30.3 Å². The van der Waals surface area contributed by atoms with Gasteiger partial charge in [-0.15, -0.1) is 12.4 Å². The quantitative estimate of drug-likeness (QED) is 0.761. The number of para-hydroxylation sites is 1. The smallest absolute Gasteiger partial charge is 0.289 e. The van der Waals surface area contributed by atoms with Gasteiger partial charge in [0.05, 0.1) is 0 Å². The van der Waals surface area contributed by atoms with Crippen LogP contribution in [-0.2, 0) is 0 Å². The SMILES string of the molecule is Cc1cccc2cc(C(=O)N3C[C@@H](N)[C@H](c4ccccc4)C3)oc12.Cl. The van der Waals surface area contributed by atoms with Crippen molar-refractivity contribution in [3.8, 4) is 0 Å². The summed E-state index contributed by atoms with van der Waals surface area (Å²) in [6, 6.07) is 17.8. The topological polar surface area (TPSA) is 59.5 Å². The van der Waals surface area contributed by atoms with Gasteiger partial charge in [0.1, 0.15) is 5.58 Å². The Morgan fingerprint density at radius 3 is 2.60 bits per heavy atom. The lowest BCUT2D eigenvalue weighted by Gasteiger charge is -2.15. The number of benzene rings is 2. The third-order valence-corrected chi connectivity index (χ3v) is 4.83. The normalized spacial score (nSPS) is 19.8. The van der Waals surface area contributed by atoms with Gasteiger partial charge in [0.25, 0.3) is 5.91 Å². The van der Waals surface area contributed by atoms with Crippen molar-refractivity contribution >= 4 is 29.3 Å². The van der Waals surface area contributed by atoms with Crippen molar-refractivity contribution in [2.45, 2.75) is 18.9 Å². The van der Waals surface area contributed by atoms with Gasteiger partial charge in [-0.1, -0.05) is 48.5 Å². The van der Waals surface area contributed by atoms with E-state index in [1.54, 1.807) is 4.90 Å². The number of aryl methyl sites for hydroxylation is 1. The Morgan fingerprint density at radius 1 is 1.12 bits per heavy atom. The zero-order chi connectivity index (χ0) is 16.7. The average molecular weight is 357 g/mol. The van der Waals surface area contributed by atoms with Crippen molar-refractivity contribution in [1.82, 2.24) is 4.90 Å². The molecule has 4 rings (SSSR count). The molecule has 3 aromatic rings. The van der Waals surface area contributed by atoms with Crippen molar-refractivity contribution in [2.75, 3.05) is 13.1 Å². The predicted octanol–water partition coefficient (Wildman–Crippen LogP) is 3.73. The number of amides is 1. The zero-order valence-corrected chi connectivity index (χ0v) is 14.8. The van der Waals surface area contributed by atoms with Crippen LogP contribution in [-0.4, -0.2) is 29.9 Å². The number of hydrogen-bond acceptors (Lipinski definition) is 3. The third kappa shape index (κ3) is 3.15. The van der Waals surface area contributed by atoms with Crippen LogP contribution in [0.2, 0.25) is 0 Å². The van der Waals surface area contributed by atoms with Crippen molar-refractivity contribution in [2.24, 2.45) is 5.73 Å². The van der Waals surface area contributed by atoms with Gasteiger partial charge in [-0.05, 0) is 24.1 Å². The highest BCUT2D eigenvalue weighted by atomic mass is 35.5.